The molecule has 0 unspecified atom stereocenters. The number of rotatable bonds is 5. The molecule has 16 heavy (non-hydrogen) atoms. The smallest absolute Gasteiger partial charge is 0.182 e. The molecule has 0 bridgehead atoms. The third-order valence-corrected chi connectivity index (χ3v) is 1.97. The first-order valence-electron chi connectivity index (χ1n) is 4.65. The number of nitriles is 1. The monoisotopic (exact) mass is 219 g/mol. The zero-order valence-electron chi connectivity index (χ0n) is 9.23. The van der Waals surface area contributed by atoms with Crippen LogP contribution in [-0.2, 0) is 6.54 Å². The van der Waals surface area contributed by atoms with Crippen LogP contribution in [0.2, 0.25) is 0 Å². The maximum Gasteiger partial charge on any atom is 0.182 e. The van der Waals surface area contributed by atoms with Gasteiger partial charge in [-0.15, -0.1) is 0 Å². The number of methoxy groups -OCH3 is 2. The van der Waals surface area contributed by atoms with Gasteiger partial charge >= 0.3 is 0 Å². The average Bonchev–Trinajstić information content (AvgIpc) is 2.34. The highest BCUT2D eigenvalue weighted by Gasteiger charge is 2.03. The fourth-order valence-corrected chi connectivity index (χ4v) is 1.22. The van der Waals surface area contributed by atoms with Gasteiger partial charge in [-0.2, -0.15) is 5.26 Å². The minimum Gasteiger partial charge on any atom is -0.497 e. The summed E-state index contributed by atoms with van der Waals surface area (Å²) in [5.74, 6) is 1.49. The number of ether oxygens (including phenoxy) is 2. The van der Waals surface area contributed by atoms with Crippen molar-refractivity contribution in [3.8, 4) is 17.7 Å². The van der Waals surface area contributed by atoms with Gasteiger partial charge in [0.05, 0.1) is 27.1 Å². The van der Waals surface area contributed by atoms with Crippen molar-refractivity contribution < 1.29 is 9.47 Å². The second-order valence-electron chi connectivity index (χ2n) is 2.90. The van der Waals surface area contributed by atoms with E-state index >= 15 is 0 Å². The largest absolute Gasteiger partial charge is 0.497 e. The zero-order chi connectivity index (χ0) is 11.8. The van der Waals surface area contributed by atoms with Crippen LogP contribution in [0, 0.1) is 11.5 Å². The Labute approximate surface area is 94.3 Å². The minimum atomic E-state index is 0.426. The Hall–Kier alpha value is -2.22. The van der Waals surface area contributed by atoms with E-state index in [2.05, 4.69) is 10.3 Å². The van der Waals surface area contributed by atoms with Crippen LogP contribution in [0.5, 0.6) is 11.5 Å². The van der Waals surface area contributed by atoms with E-state index in [0.717, 1.165) is 17.1 Å². The van der Waals surface area contributed by atoms with Crippen LogP contribution in [0.1, 0.15) is 5.56 Å². The highest BCUT2D eigenvalue weighted by molar-refractivity contribution is 5.56. The van der Waals surface area contributed by atoms with Gasteiger partial charge in [0, 0.05) is 5.56 Å². The van der Waals surface area contributed by atoms with Crippen molar-refractivity contribution in [2.45, 2.75) is 6.54 Å². The molecule has 0 atom stereocenters. The molecule has 0 radical (unpaired) electrons. The zero-order valence-corrected chi connectivity index (χ0v) is 9.23. The summed E-state index contributed by atoms with van der Waals surface area (Å²) in [5, 5.41) is 10.6. The van der Waals surface area contributed by atoms with Gasteiger partial charge in [-0.3, -0.25) is 10.3 Å². The van der Waals surface area contributed by atoms with Crippen molar-refractivity contribution in [3.05, 3.63) is 23.8 Å². The Bertz CT molecular complexity index is 410. The Morgan fingerprint density at radius 2 is 2.25 bits per heavy atom. The second-order valence-corrected chi connectivity index (χ2v) is 2.90. The topological polar surface area (TPSA) is 66.6 Å². The lowest BCUT2D eigenvalue weighted by molar-refractivity contribution is 0.399. The number of hydrogen-bond donors (Lipinski definition) is 1. The van der Waals surface area contributed by atoms with Crippen LogP contribution < -0.4 is 14.8 Å². The predicted octanol–water partition coefficient (Wildman–Crippen LogP) is 1.30. The minimum absolute atomic E-state index is 0.426. The first-order valence-corrected chi connectivity index (χ1v) is 4.65. The van der Waals surface area contributed by atoms with E-state index in [1.54, 1.807) is 20.4 Å². The van der Waals surface area contributed by atoms with Crippen molar-refractivity contribution in [2.75, 3.05) is 14.2 Å². The molecular weight excluding hydrogens is 206 g/mol. The average molecular weight is 219 g/mol. The SMILES string of the molecule is COc1ccc(OC)c(CN=CNC#N)c1. The maximum atomic E-state index is 8.25. The molecule has 1 N–H and O–H groups in total. The summed E-state index contributed by atoms with van der Waals surface area (Å²) in [6.07, 6.45) is 3.10. The molecule has 0 amide bonds. The van der Waals surface area contributed by atoms with Crippen molar-refractivity contribution in [1.82, 2.24) is 5.32 Å². The molecule has 0 aromatic heterocycles. The first-order chi connectivity index (χ1) is 7.81. The molecule has 5 heteroatoms. The molecule has 0 saturated carbocycles. The highest BCUT2D eigenvalue weighted by Crippen LogP contribution is 2.24. The summed E-state index contributed by atoms with van der Waals surface area (Å²) in [6, 6.07) is 5.49. The molecule has 84 valence electrons. The normalized spacial score (nSPS) is 9.81. The molecule has 0 spiro atoms. The van der Waals surface area contributed by atoms with Gasteiger partial charge in [0.1, 0.15) is 11.5 Å². The van der Waals surface area contributed by atoms with Crippen LogP contribution in [0.15, 0.2) is 23.2 Å². The molecule has 0 aliphatic heterocycles. The van der Waals surface area contributed by atoms with Crippen molar-refractivity contribution >= 4 is 6.34 Å². The van der Waals surface area contributed by atoms with Crippen LogP contribution in [0.25, 0.3) is 0 Å². The standard InChI is InChI=1S/C11H13N3O2/c1-15-10-3-4-11(16-2)9(5-10)6-13-8-14-7-12/h3-5,8H,6H2,1-2H3,(H,13,14). The van der Waals surface area contributed by atoms with Crippen molar-refractivity contribution in [3.63, 3.8) is 0 Å². The van der Waals surface area contributed by atoms with Gasteiger partial charge in [-0.05, 0) is 18.2 Å². The van der Waals surface area contributed by atoms with E-state index in [0.29, 0.717) is 6.54 Å². The summed E-state index contributed by atoms with van der Waals surface area (Å²) in [6.45, 7) is 0.426. The molecule has 1 rings (SSSR count). The van der Waals surface area contributed by atoms with Crippen molar-refractivity contribution in [2.24, 2.45) is 4.99 Å². The predicted molar refractivity (Wildman–Crippen MR) is 60.5 cm³/mol. The molecule has 5 nitrogen and oxygen atoms in total. The van der Waals surface area contributed by atoms with Gasteiger partial charge in [0.2, 0.25) is 0 Å². The Morgan fingerprint density at radius 1 is 1.44 bits per heavy atom. The van der Waals surface area contributed by atoms with E-state index in [1.165, 1.54) is 6.34 Å². The number of aliphatic imine (C=N–C) groups is 1. The Balaban J connectivity index is 2.79. The van der Waals surface area contributed by atoms with E-state index in [9.17, 15) is 0 Å². The van der Waals surface area contributed by atoms with Crippen LogP contribution >= 0.6 is 0 Å². The summed E-state index contributed by atoms with van der Waals surface area (Å²) < 4.78 is 10.3. The molecule has 0 saturated heterocycles. The number of benzene rings is 1. The quantitative estimate of drug-likeness (QED) is 0.351. The lowest BCUT2D eigenvalue weighted by Crippen LogP contribution is -2.01. The molecule has 1 aromatic carbocycles. The van der Waals surface area contributed by atoms with E-state index < -0.39 is 0 Å². The van der Waals surface area contributed by atoms with Crippen molar-refractivity contribution in [1.29, 1.82) is 5.26 Å². The summed E-state index contributed by atoms with van der Waals surface area (Å²) >= 11 is 0. The third-order valence-electron chi connectivity index (χ3n) is 1.97. The number of nitrogens with one attached hydrogen (secondary N) is 1. The Kier molecular flexibility index (Phi) is 4.67. The van der Waals surface area contributed by atoms with Crippen LogP contribution in [0.3, 0.4) is 0 Å². The van der Waals surface area contributed by atoms with Crippen LogP contribution in [0.4, 0.5) is 0 Å². The Morgan fingerprint density at radius 3 is 2.88 bits per heavy atom. The van der Waals surface area contributed by atoms with E-state index in [-0.39, 0.29) is 0 Å². The number of hydrogen-bond acceptors (Lipinski definition) is 4. The summed E-state index contributed by atoms with van der Waals surface area (Å²) in [4.78, 5) is 4.02. The molecular formula is C11H13N3O2. The molecule has 0 heterocycles. The van der Waals surface area contributed by atoms with Gasteiger partial charge < -0.3 is 9.47 Å². The highest BCUT2D eigenvalue weighted by atomic mass is 16.5. The molecule has 0 aliphatic rings. The fraction of sp³-hybridized carbons (Fsp3) is 0.273. The number of nitrogens with zero attached hydrogens (tertiary/aromatic N) is 2. The lowest BCUT2D eigenvalue weighted by atomic mass is 10.2. The van der Waals surface area contributed by atoms with Crippen LogP contribution in [-0.4, -0.2) is 20.6 Å². The summed E-state index contributed by atoms with van der Waals surface area (Å²) in [5.41, 5.74) is 0.901. The first kappa shape index (κ1) is 11.9. The van der Waals surface area contributed by atoms with E-state index in [4.69, 9.17) is 14.7 Å². The van der Waals surface area contributed by atoms with Gasteiger partial charge in [-0.1, -0.05) is 0 Å². The molecule has 0 fully saturated rings. The van der Waals surface area contributed by atoms with Gasteiger partial charge in [-0.25, -0.2) is 0 Å². The van der Waals surface area contributed by atoms with Gasteiger partial charge in [0.15, 0.2) is 6.19 Å². The van der Waals surface area contributed by atoms with Gasteiger partial charge in [0.25, 0.3) is 0 Å². The fourth-order valence-electron chi connectivity index (χ4n) is 1.22. The molecule has 1 aromatic rings. The maximum absolute atomic E-state index is 8.25. The lowest BCUT2D eigenvalue weighted by Gasteiger charge is -2.08. The second kappa shape index (κ2) is 6.30. The third kappa shape index (κ3) is 3.17. The summed E-state index contributed by atoms with van der Waals surface area (Å²) in [7, 11) is 3.20. The van der Waals surface area contributed by atoms with E-state index in [1.807, 2.05) is 18.2 Å². The molecule has 0 aliphatic carbocycles.